The largest absolute Gasteiger partial charge is 0.389 e. The van der Waals surface area contributed by atoms with Gasteiger partial charge in [-0.1, -0.05) is 29.9 Å². The number of hydrogen-bond acceptors (Lipinski definition) is 4. The molecule has 0 heterocycles. The Hall–Kier alpha value is -0.880. The molecule has 0 atom stereocenters. The van der Waals surface area contributed by atoms with E-state index in [1.165, 1.54) is 0 Å². The summed E-state index contributed by atoms with van der Waals surface area (Å²) < 4.78 is 10.3. The maximum Gasteiger partial charge on any atom is 0.107 e. The Bertz CT molecular complexity index is 416. The molecular weight excluding hydrogens is 284 g/mol. The van der Waals surface area contributed by atoms with E-state index in [0.717, 1.165) is 18.7 Å². The molecule has 0 saturated heterocycles. The minimum atomic E-state index is 0.296. The van der Waals surface area contributed by atoms with Gasteiger partial charge in [-0.25, -0.2) is 0 Å². The van der Waals surface area contributed by atoms with E-state index in [4.69, 9.17) is 39.0 Å². The van der Waals surface area contributed by atoms with Gasteiger partial charge in [-0.05, 0) is 18.6 Å². The summed E-state index contributed by atoms with van der Waals surface area (Å²) in [7, 11) is 1.65. The van der Waals surface area contributed by atoms with Gasteiger partial charge in [0.15, 0.2) is 0 Å². The van der Waals surface area contributed by atoms with Crippen molar-refractivity contribution in [3.05, 3.63) is 28.8 Å². The van der Waals surface area contributed by atoms with Crippen molar-refractivity contribution in [2.24, 2.45) is 5.73 Å². The van der Waals surface area contributed by atoms with Crippen molar-refractivity contribution in [2.45, 2.75) is 6.42 Å². The quantitative estimate of drug-likeness (QED) is 0.542. The number of ether oxygens (including phenoxy) is 2. The first-order valence-corrected chi connectivity index (χ1v) is 6.84. The highest BCUT2D eigenvalue weighted by Crippen LogP contribution is 2.24. The fourth-order valence-corrected chi connectivity index (χ4v) is 2.12. The normalized spacial score (nSPS) is 10.4. The number of rotatable bonds is 9. The number of nitrogens with one attached hydrogen (secondary N) is 1. The van der Waals surface area contributed by atoms with Gasteiger partial charge in [0, 0.05) is 25.9 Å². The standard InChI is InChI=1S/C13H19ClN2O2S/c1-17-8-9-18-7-3-6-16-11-5-2-4-10(14)12(11)13(15)19/h2,4-5,16H,3,6-9H2,1H3,(H2,15,19). The summed E-state index contributed by atoms with van der Waals surface area (Å²) in [5.41, 5.74) is 7.22. The summed E-state index contributed by atoms with van der Waals surface area (Å²) in [6, 6.07) is 5.54. The lowest BCUT2D eigenvalue weighted by molar-refractivity contribution is 0.0705. The van der Waals surface area contributed by atoms with Gasteiger partial charge in [0.2, 0.25) is 0 Å². The van der Waals surface area contributed by atoms with Gasteiger partial charge in [0.1, 0.15) is 4.99 Å². The lowest BCUT2D eigenvalue weighted by Crippen LogP contribution is -2.15. The SMILES string of the molecule is COCCOCCCNc1cccc(Cl)c1C(N)=S. The van der Waals surface area contributed by atoms with Gasteiger partial charge in [-0.15, -0.1) is 0 Å². The molecule has 19 heavy (non-hydrogen) atoms. The van der Waals surface area contributed by atoms with E-state index in [-0.39, 0.29) is 0 Å². The minimum absolute atomic E-state index is 0.296. The number of anilines is 1. The molecule has 0 amide bonds. The fraction of sp³-hybridized carbons (Fsp3) is 0.462. The fourth-order valence-electron chi connectivity index (χ4n) is 1.56. The second-order valence-electron chi connectivity index (χ2n) is 3.91. The van der Waals surface area contributed by atoms with Crippen LogP contribution in [-0.4, -0.2) is 38.5 Å². The van der Waals surface area contributed by atoms with Crippen LogP contribution in [0.15, 0.2) is 18.2 Å². The highest BCUT2D eigenvalue weighted by molar-refractivity contribution is 7.80. The first kappa shape index (κ1) is 16.2. The lowest BCUT2D eigenvalue weighted by atomic mass is 10.1. The molecule has 4 nitrogen and oxygen atoms in total. The van der Waals surface area contributed by atoms with Crippen LogP contribution in [0.2, 0.25) is 5.02 Å². The van der Waals surface area contributed by atoms with E-state index < -0.39 is 0 Å². The summed E-state index contributed by atoms with van der Waals surface area (Å²) in [4.78, 5) is 0.296. The van der Waals surface area contributed by atoms with Crippen molar-refractivity contribution < 1.29 is 9.47 Å². The average molecular weight is 303 g/mol. The van der Waals surface area contributed by atoms with E-state index >= 15 is 0 Å². The van der Waals surface area contributed by atoms with Gasteiger partial charge in [-0.3, -0.25) is 0 Å². The summed E-state index contributed by atoms with van der Waals surface area (Å²) >= 11 is 11.1. The Kier molecular flexibility index (Phi) is 7.74. The monoisotopic (exact) mass is 302 g/mol. The van der Waals surface area contributed by atoms with Crippen LogP contribution in [0, 0.1) is 0 Å². The molecule has 1 aromatic rings. The van der Waals surface area contributed by atoms with Gasteiger partial charge in [-0.2, -0.15) is 0 Å². The minimum Gasteiger partial charge on any atom is -0.389 e. The van der Waals surface area contributed by atoms with Crippen molar-refractivity contribution in [3.63, 3.8) is 0 Å². The molecule has 0 spiro atoms. The van der Waals surface area contributed by atoms with Crippen LogP contribution in [0.3, 0.4) is 0 Å². The molecule has 3 N–H and O–H groups in total. The molecular formula is C13H19ClN2O2S. The molecule has 0 saturated carbocycles. The summed E-state index contributed by atoms with van der Waals surface area (Å²) in [6.07, 6.45) is 0.882. The van der Waals surface area contributed by atoms with Crippen molar-refractivity contribution >= 4 is 34.5 Å². The third-order valence-corrected chi connectivity index (χ3v) is 2.99. The van der Waals surface area contributed by atoms with Crippen molar-refractivity contribution in [3.8, 4) is 0 Å². The van der Waals surface area contributed by atoms with Gasteiger partial charge in [0.25, 0.3) is 0 Å². The predicted molar refractivity (Wildman–Crippen MR) is 83.1 cm³/mol. The van der Waals surface area contributed by atoms with Crippen LogP contribution >= 0.6 is 23.8 Å². The Morgan fingerprint density at radius 1 is 1.37 bits per heavy atom. The second kappa shape index (κ2) is 9.09. The van der Waals surface area contributed by atoms with Gasteiger partial charge in [0.05, 0.1) is 23.8 Å². The first-order valence-electron chi connectivity index (χ1n) is 6.05. The predicted octanol–water partition coefficient (Wildman–Crippen LogP) is 2.44. The first-order chi connectivity index (χ1) is 9.16. The Morgan fingerprint density at radius 2 is 2.16 bits per heavy atom. The molecule has 1 rings (SSSR count). The zero-order chi connectivity index (χ0) is 14.1. The van der Waals surface area contributed by atoms with Crippen LogP contribution in [0.4, 0.5) is 5.69 Å². The number of benzene rings is 1. The molecule has 0 aromatic heterocycles. The highest BCUT2D eigenvalue weighted by Gasteiger charge is 2.08. The van der Waals surface area contributed by atoms with Crippen LogP contribution in [-0.2, 0) is 9.47 Å². The molecule has 1 aromatic carbocycles. The number of hydrogen-bond donors (Lipinski definition) is 2. The average Bonchev–Trinajstić information content (AvgIpc) is 2.37. The molecule has 0 radical (unpaired) electrons. The Balaban J connectivity index is 2.37. The zero-order valence-corrected chi connectivity index (χ0v) is 12.5. The Labute approximate surface area is 124 Å². The molecule has 106 valence electrons. The lowest BCUT2D eigenvalue weighted by Gasteiger charge is -2.12. The van der Waals surface area contributed by atoms with Crippen LogP contribution in [0.5, 0.6) is 0 Å². The van der Waals surface area contributed by atoms with E-state index in [0.29, 0.717) is 35.4 Å². The molecule has 0 fully saturated rings. The highest BCUT2D eigenvalue weighted by atomic mass is 35.5. The van der Waals surface area contributed by atoms with Gasteiger partial charge < -0.3 is 20.5 Å². The van der Waals surface area contributed by atoms with Crippen molar-refractivity contribution in [1.29, 1.82) is 0 Å². The number of thiocarbonyl (C=S) groups is 1. The van der Waals surface area contributed by atoms with Crippen LogP contribution in [0.25, 0.3) is 0 Å². The van der Waals surface area contributed by atoms with Crippen molar-refractivity contribution in [1.82, 2.24) is 0 Å². The number of nitrogens with two attached hydrogens (primary N) is 1. The summed E-state index contributed by atoms with van der Waals surface area (Å²) in [5, 5.41) is 3.83. The third kappa shape index (κ3) is 5.74. The maximum atomic E-state index is 6.08. The smallest absolute Gasteiger partial charge is 0.107 e. The van der Waals surface area contributed by atoms with E-state index in [1.807, 2.05) is 12.1 Å². The van der Waals surface area contributed by atoms with Crippen LogP contribution < -0.4 is 11.1 Å². The van der Waals surface area contributed by atoms with E-state index in [1.54, 1.807) is 13.2 Å². The molecule has 0 aliphatic carbocycles. The Morgan fingerprint density at radius 3 is 2.84 bits per heavy atom. The molecule has 0 aliphatic heterocycles. The van der Waals surface area contributed by atoms with Gasteiger partial charge >= 0.3 is 0 Å². The molecule has 0 bridgehead atoms. The van der Waals surface area contributed by atoms with E-state index in [9.17, 15) is 0 Å². The zero-order valence-electron chi connectivity index (χ0n) is 10.9. The van der Waals surface area contributed by atoms with E-state index in [2.05, 4.69) is 5.32 Å². The molecule has 0 unspecified atom stereocenters. The van der Waals surface area contributed by atoms with Crippen molar-refractivity contribution in [2.75, 3.05) is 38.8 Å². The summed E-state index contributed by atoms with van der Waals surface area (Å²) in [5.74, 6) is 0. The second-order valence-corrected chi connectivity index (χ2v) is 4.76. The number of halogens is 1. The molecule has 6 heteroatoms. The third-order valence-electron chi connectivity index (χ3n) is 2.47. The topological polar surface area (TPSA) is 56.5 Å². The van der Waals surface area contributed by atoms with Crippen LogP contribution in [0.1, 0.15) is 12.0 Å². The maximum absolute atomic E-state index is 6.08. The summed E-state index contributed by atoms with van der Waals surface area (Å²) in [6.45, 7) is 2.68. The molecule has 0 aliphatic rings. The number of methoxy groups -OCH3 is 1.